The summed E-state index contributed by atoms with van der Waals surface area (Å²) in [5, 5.41) is 9.61. The maximum atomic E-state index is 13.1. The first kappa shape index (κ1) is 14.0. The summed E-state index contributed by atoms with van der Waals surface area (Å²) in [5.41, 5.74) is 0.0824. The van der Waals surface area contributed by atoms with E-state index in [1.165, 1.54) is 12.5 Å². The molecule has 3 nitrogen and oxygen atoms in total. The van der Waals surface area contributed by atoms with Crippen LogP contribution in [0.2, 0.25) is 0 Å². The predicted octanol–water partition coefficient (Wildman–Crippen LogP) is 2.84. The minimum Gasteiger partial charge on any atom is -0.507 e. The summed E-state index contributed by atoms with van der Waals surface area (Å²) < 4.78 is 13.1. The normalized spacial score (nSPS) is 19.8. The van der Waals surface area contributed by atoms with Gasteiger partial charge in [0, 0.05) is 6.54 Å². The average Bonchev–Trinajstić information content (AvgIpc) is 2.80. The summed E-state index contributed by atoms with van der Waals surface area (Å²) in [6.07, 6.45) is 3.48. The van der Waals surface area contributed by atoms with Crippen molar-refractivity contribution in [2.24, 2.45) is 5.92 Å². The van der Waals surface area contributed by atoms with Crippen LogP contribution in [0, 0.1) is 11.7 Å². The Hall–Kier alpha value is -1.42. The van der Waals surface area contributed by atoms with Gasteiger partial charge < -0.3 is 5.11 Å². The Labute approximate surface area is 113 Å². The number of ketones is 1. The molecule has 19 heavy (non-hydrogen) atoms. The lowest BCUT2D eigenvalue weighted by atomic mass is 10.0. The number of Topliss-reactive ketones (excluding diaryl/α,β-unsaturated/α-hetero) is 1. The number of aromatic hydroxyl groups is 1. The number of rotatable bonds is 5. The van der Waals surface area contributed by atoms with Crippen LogP contribution in [-0.4, -0.2) is 35.4 Å². The van der Waals surface area contributed by atoms with Crippen LogP contribution in [0.15, 0.2) is 18.2 Å². The molecule has 1 heterocycles. The van der Waals surface area contributed by atoms with Crippen molar-refractivity contribution in [2.45, 2.75) is 26.2 Å². The van der Waals surface area contributed by atoms with Crippen LogP contribution in [0.1, 0.15) is 36.5 Å². The Morgan fingerprint density at radius 1 is 1.53 bits per heavy atom. The molecule has 0 spiro atoms. The van der Waals surface area contributed by atoms with E-state index in [1.54, 1.807) is 0 Å². The molecule has 1 aromatic rings. The number of phenols is 1. The van der Waals surface area contributed by atoms with E-state index in [0.717, 1.165) is 38.1 Å². The zero-order valence-corrected chi connectivity index (χ0v) is 11.2. The molecule has 1 fully saturated rings. The molecule has 0 radical (unpaired) electrons. The second-order valence-electron chi connectivity index (χ2n) is 5.26. The van der Waals surface area contributed by atoms with E-state index in [1.807, 2.05) is 0 Å². The molecule has 0 aromatic heterocycles. The molecule has 1 aliphatic rings. The van der Waals surface area contributed by atoms with Crippen molar-refractivity contribution in [1.82, 2.24) is 4.90 Å². The van der Waals surface area contributed by atoms with Gasteiger partial charge in [0.05, 0.1) is 12.1 Å². The Kier molecular flexibility index (Phi) is 4.53. The van der Waals surface area contributed by atoms with E-state index < -0.39 is 5.82 Å². The lowest BCUT2D eigenvalue weighted by molar-refractivity contribution is 0.0940. The first-order valence-corrected chi connectivity index (χ1v) is 6.84. The Balaban J connectivity index is 1.96. The number of likely N-dealkylation sites (tertiary alicyclic amines) is 1. The Morgan fingerprint density at radius 3 is 3.05 bits per heavy atom. The first-order chi connectivity index (χ1) is 9.10. The standard InChI is InChI=1S/C15H20FNO2/c1-2-3-11-6-7-17(9-11)10-15(19)13-8-12(16)4-5-14(13)18/h4-5,8,11,18H,2-3,6-7,9-10H2,1H3. The van der Waals surface area contributed by atoms with Crippen LogP contribution >= 0.6 is 0 Å². The van der Waals surface area contributed by atoms with Crippen molar-refractivity contribution >= 4 is 5.78 Å². The third-order valence-electron chi connectivity index (χ3n) is 3.69. The van der Waals surface area contributed by atoms with Gasteiger partial charge in [-0.15, -0.1) is 0 Å². The molecule has 1 unspecified atom stereocenters. The average molecular weight is 265 g/mol. The zero-order valence-electron chi connectivity index (χ0n) is 11.2. The van der Waals surface area contributed by atoms with Crippen molar-refractivity contribution < 1.29 is 14.3 Å². The number of halogens is 1. The second-order valence-corrected chi connectivity index (χ2v) is 5.26. The van der Waals surface area contributed by atoms with E-state index >= 15 is 0 Å². The summed E-state index contributed by atoms with van der Waals surface area (Å²) in [6.45, 7) is 4.26. The molecule has 1 saturated heterocycles. The highest BCUT2D eigenvalue weighted by atomic mass is 19.1. The smallest absolute Gasteiger partial charge is 0.180 e. The Bertz CT molecular complexity index is 461. The molecule has 1 N–H and O–H groups in total. The molecule has 0 aliphatic carbocycles. The van der Waals surface area contributed by atoms with Gasteiger partial charge in [-0.1, -0.05) is 13.3 Å². The number of hydrogen-bond acceptors (Lipinski definition) is 3. The van der Waals surface area contributed by atoms with Gasteiger partial charge in [0.15, 0.2) is 5.78 Å². The van der Waals surface area contributed by atoms with Crippen LogP contribution in [0.4, 0.5) is 4.39 Å². The number of benzene rings is 1. The van der Waals surface area contributed by atoms with Crippen LogP contribution in [0.5, 0.6) is 5.75 Å². The summed E-state index contributed by atoms with van der Waals surface area (Å²) in [7, 11) is 0. The molecule has 0 saturated carbocycles. The summed E-state index contributed by atoms with van der Waals surface area (Å²) in [5.74, 6) is -0.185. The van der Waals surface area contributed by atoms with Crippen molar-refractivity contribution in [2.75, 3.05) is 19.6 Å². The van der Waals surface area contributed by atoms with E-state index in [-0.39, 0.29) is 23.6 Å². The van der Waals surface area contributed by atoms with Gasteiger partial charge in [0.2, 0.25) is 0 Å². The summed E-state index contributed by atoms with van der Waals surface area (Å²) in [6, 6.07) is 3.49. The maximum Gasteiger partial charge on any atom is 0.180 e. The fraction of sp³-hybridized carbons (Fsp3) is 0.533. The van der Waals surface area contributed by atoms with Gasteiger partial charge in [-0.05, 0) is 43.5 Å². The van der Waals surface area contributed by atoms with Gasteiger partial charge >= 0.3 is 0 Å². The minimum atomic E-state index is -0.494. The van der Waals surface area contributed by atoms with E-state index in [9.17, 15) is 14.3 Å². The molecule has 1 aromatic carbocycles. The molecule has 0 bridgehead atoms. The number of carbonyl (C=O) groups excluding carboxylic acids is 1. The minimum absolute atomic E-state index is 0.0824. The third kappa shape index (κ3) is 3.53. The first-order valence-electron chi connectivity index (χ1n) is 6.84. The topological polar surface area (TPSA) is 40.5 Å². The largest absolute Gasteiger partial charge is 0.507 e. The van der Waals surface area contributed by atoms with Crippen LogP contribution in [0.3, 0.4) is 0 Å². The molecule has 1 atom stereocenters. The highest BCUT2D eigenvalue weighted by molar-refractivity contribution is 6.00. The third-order valence-corrected chi connectivity index (χ3v) is 3.69. The zero-order chi connectivity index (χ0) is 13.8. The number of hydrogen-bond donors (Lipinski definition) is 1. The van der Waals surface area contributed by atoms with Crippen LogP contribution in [-0.2, 0) is 0 Å². The Morgan fingerprint density at radius 2 is 2.32 bits per heavy atom. The highest BCUT2D eigenvalue weighted by Gasteiger charge is 2.24. The molecule has 2 rings (SSSR count). The fourth-order valence-electron chi connectivity index (χ4n) is 2.72. The number of phenolic OH excluding ortho intramolecular Hbond substituents is 1. The van der Waals surface area contributed by atoms with Crippen molar-refractivity contribution in [3.05, 3.63) is 29.6 Å². The fourth-order valence-corrected chi connectivity index (χ4v) is 2.72. The van der Waals surface area contributed by atoms with Crippen LogP contribution in [0.25, 0.3) is 0 Å². The quantitative estimate of drug-likeness (QED) is 0.832. The monoisotopic (exact) mass is 265 g/mol. The van der Waals surface area contributed by atoms with E-state index in [4.69, 9.17) is 0 Å². The molecule has 1 aliphatic heterocycles. The SMILES string of the molecule is CCCC1CCN(CC(=O)c2cc(F)ccc2O)C1. The highest BCUT2D eigenvalue weighted by Crippen LogP contribution is 2.23. The van der Waals surface area contributed by atoms with E-state index in [0.29, 0.717) is 5.92 Å². The van der Waals surface area contributed by atoms with Crippen LogP contribution < -0.4 is 0 Å². The molecular formula is C15H20FNO2. The molecular weight excluding hydrogens is 245 g/mol. The van der Waals surface area contributed by atoms with Gasteiger partial charge in [-0.2, -0.15) is 0 Å². The predicted molar refractivity (Wildman–Crippen MR) is 71.9 cm³/mol. The lowest BCUT2D eigenvalue weighted by Gasteiger charge is -2.15. The maximum absolute atomic E-state index is 13.1. The molecule has 0 amide bonds. The number of nitrogens with zero attached hydrogens (tertiary/aromatic N) is 1. The lowest BCUT2D eigenvalue weighted by Crippen LogP contribution is -2.28. The van der Waals surface area contributed by atoms with Gasteiger partial charge in [-0.3, -0.25) is 9.69 Å². The van der Waals surface area contributed by atoms with Gasteiger partial charge in [0.25, 0.3) is 0 Å². The van der Waals surface area contributed by atoms with Crippen molar-refractivity contribution in [1.29, 1.82) is 0 Å². The van der Waals surface area contributed by atoms with Gasteiger partial charge in [-0.25, -0.2) is 4.39 Å². The molecule has 4 heteroatoms. The summed E-state index contributed by atoms with van der Waals surface area (Å²) >= 11 is 0. The number of carbonyl (C=O) groups is 1. The summed E-state index contributed by atoms with van der Waals surface area (Å²) in [4.78, 5) is 14.2. The van der Waals surface area contributed by atoms with Crippen molar-refractivity contribution in [3.8, 4) is 5.75 Å². The van der Waals surface area contributed by atoms with Crippen molar-refractivity contribution in [3.63, 3.8) is 0 Å². The van der Waals surface area contributed by atoms with Gasteiger partial charge in [0.1, 0.15) is 11.6 Å². The molecule has 104 valence electrons. The van der Waals surface area contributed by atoms with E-state index in [2.05, 4.69) is 11.8 Å². The second kappa shape index (κ2) is 6.15.